The Morgan fingerprint density at radius 2 is 1.77 bits per heavy atom. The fraction of sp³-hybridized carbons (Fsp3) is 0.240. The van der Waals surface area contributed by atoms with Gasteiger partial charge in [-0.3, -0.25) is 10.1 Å². The van der Waals surface area contributed by atoms with Crippen LogP contribution in [0, 0.1) is 0 Å². The van der Waals surface area contributed by atoms with E-state index in [1.54, 1.807) is 0 Å². The van der Waals surface area contributed by atoms with Crippen LogP contribution in [0.25, 0.3) is 0 Å². The molecule has 0 aliphatic carbocycles. The zero-order valence-corrected chi connectivity index (χ0v) is 17.8. The number of benzene rings is 3. The third-order valence-electron chi connectivity index (χ3n) is 5.17. The molecule has 0 aromatic heterocycles. The number of amides is 1. The lowest BCUT2D eigenvalue weighted by Crippen LogP contribution is -2.36. The maximum absolute atomic E-state index is 13.4. The molecule has 2 atom stereocenters. The molecule has 1 aliphatic heterocycles. The minimum atomic E-state index is -0.470. The SMILES string of the molecule is CCOc1ccccc1NC(=O)[C@@H](N[C@@H]1CCSc2ccccc21)c1ccccc1. The van der Waals surface area contributed by atoms with Crippen molar-refractivity contribution >= 4 is 23.4 Å². The highest BCUT2D eigenvalue weighted by Gasteiger charge is 2.28. The zero-order chi connectivity index (χ0) is 20.8. The van der Waals surface area contributed by atoms with E-state index in [9.17, 15) is 4.79 Å². The number of hydrogen-bond donors (Lipinski definition) is 2. The number of carbonyl (C=O) groups excluding carboxylic acids is 1. The van der Waals surface area contributed by atoms with E-state index in [0.29, 0.717) is 18.0 Å². The fourth-order valence-corrected chi connectivity index (χ4v) is 4.87. The van der Waals surface area contributed by atoms with Crippen LogP contribution in [0.2, 0.25) is 0 Å². The van der Waals surface area contributed by atoms with E-state index < -0.39 is 6.04 Å². The summed E-state index contributed by atoms with van der Waals surface area (Å²) in [5.41, 5.74) is 2.89. The van der Waals surface area contributed by atoms with Crippen molar-refractivity contribution in [1.29, 1.82) is 0 Å². The number of hydrogen-bond acceptors (Lipinski definition) is 4. The molecule has 30 heavy (non-hydrogen) atoms. The van der Waals surface area contributed by atoms with E-state index in [-0.39, 0.29) is 11.9 Å². The minimum absolute atomic E-state index is 0.0935. The van der Waals surface area contributed by atoms with E-state index in [1.807, 2.05) is 73.3 Å². The summed E-state index contributed by atoms with van der Waals surface area (Å²) in [7, 11) is 0. The first-order valence-electron chi connectivity index (χ1n) is 10.3. The van der Waals surface area contributed by atoms with Crippen LogP contribution in [0.3, 0.4) is 0 Å². The third-order valence-corrected chi connectivity index (χ3v) is 6.29. The summed E-state index contributed by atoms with van der Waals surface area (Å²) in [6, 6.07) is 25.6. The minimum Gasteiger partial charge on any atom is -0.492 e. The first-order chi connectivity index (χ1) is 14.8. The van der Waals surface area contributed by atoms with Crippen molar-refractivity contribution in [3.63, 3.8) is 0 Å². The molecule has 0 unspecified atom stereocenters. The highest BCUT2D eigenvalue weighted by Crippen LogP contribution is 2.37. The molecule has 4 rings (SSSR count). The number of nitrogens with one attached hydrogen (secondary N) is 2. The highest BCUT2D eigenvalue weighted by atomic mass is 32.2. The van der Waals surface area contributed by atoms with Crippen LogP contribution in [0.5, 0.6) is 5.75 Å². The molecule has 1 amide bonds. The van der Waals surface area contributed by atoms with Crippen molar-refractivity contribution in [2.45, 2.75) is 30.3 Å². The molecule has 0 bridgehead atoms. The molecule has 1 heterocycles. The van der Waals surface area contributed by atoms with Gasteiger partial charge in [0, 0.05) is 10.9 Å². The number of thioether (sulfide) groups is 1. The van der Waals surface area contributed by atoms with E-state index in [0.717, 1.165) is 17.7 Å². The van der Waals surface area contributed by atoms with Crippen LogP contribution >= 0.6 is 11.8 Å². The Kier molecular flexibility index (Phi) is 6.72. The monoisotopic (exact) mass is 418 g/mol. The van der Waals surface area contributed by atoms with Crippen LogP contribution in [0.4, 0.5) is 5.69 Å². The lowest BCUT2D eigenvalue weighted by atomic mass is 9.99. The third kappa shape index (κ3) is 4.69. The van der Waals surface area contributed by atoms with Crippen molar-refractivity contribution in [3.8, 4) is 5.75 Å². The molecule has 0 fully saturated rings. The molecule has 0 spiro atoms. The Morgan fingerprint density at radius 3 is 2.60 bits per heavy atom. The molecule has 4 nitrogen and oxygen atoms in total. The number of carbonyl (C=O) groups is 1. The molecule has 3 aromatic carbocycles. The first-order valence-corrected chi connectivity index (χ1v) is 11.3. The fourth-order valence-electron chi connectivity index (χ4n) is 3.74. The summed E-state index contributed by atoms with van der Waals surface area (Å²) in [6.45, 7) is 2.48. The average Bonchev–Trinajstić information content (AvgIpc) is 2.79. The number of rotatable bonds is 7. The Morgan fingerprint density at radius 1 is 1.03 bits per heavy atom. The molecule has 154 valence electrons. The summed E-state index contributed by atoms with van der Waals surface area (Å²) in [5, 5.41) is 6.71. The first kappa shape index (κ1) is 20.5. The van der Waals surface area contributed by atoms with Crippen LogP contribution in [0.1, 0.15) is 36.6 Å². The largest absolute Gasteiger partial charge is 0.492 e. The molecule has 3 aromatic rings. The standard InChI is InChI=1S/C25H26N2O2S/c1-2-29-22-14-8-7-13-21(22)27-25(28)24(18-10-4-3-5-11-18)26-20-16-17-30-23-15-9-6-12-19(20)23/h3-15,20,24,26H,2,16-17H2,1H3,(H,27,28)/t20-,24+/m1/s1. The average molecular weight is 419 g/mol. The van der Waals surface area contributed by atoms with Gasteiger partial charge in [-0.15, -0.1) is 11.8 Å². The van der Waals surface area contributed by atoms with Crippen LogP contribution in [-0.4, -0.2) is 18.3 Å². The summed E-state index contributed by atoms with van der Waals surface area (Å²) in [6.07, 6.45) is 0.980. The van der Waals surface area contributed by atoms with Gasteiger partial charge in [-0.25, -0.2) is 0 Å². The van der Waals surface area contributed by atoms with Crippen molar-refractivity contribution in [2.24, 2.45) is 0 Å². The van der Waals surface area contributed by atoms with Crippen LogP contribution in [0.15, 0.2) is 83.8 Å². The molecule has 0 radical (unpaired) electrons. The van der Waals surface area contributed by atoms with E-state index >= 15 is 0 Å². The van der Waals surface area contributed by atoms with Crippen LogP contribution < -0.4 is 15.4 Å². The Labute approximate surface area is 182 Å². The molecule has 0 saturated heterocycles. The predicted octanol–water partition coefficient (Wildman–Crippen LogP) is 5.59. The van der Waals surface area contributed by atoms with Gasteiger partial charge < -0.3 is 10.1 Å². The van der Waals surface area contributed by atoms with Crippen molar-refractivity contribution in [2.75, 3.05) is 17.7 Å². The molecule has 5 heteroatoms. The number of para-hydroxylation sites is 2. The summed E-state index contributed by atoms with van der Waals surface area (Å²) in [4.78, 5) is 14.7. The van der Waals surface area contributed by atoms with Gasteiger partial charge in [-0.2, -0.15) is 0 Å². The van der Waals surface area contributed by atoms with Gasteiger partial charge in [0.2, 0.25) is 5.91 Å². The topological polar surface area (TPSA) is 50.4 Å². The van der Waals surface area contributed by atoms with Gasteiger partial charge >= 0.3 is 0 Å². The quantitative estimate of drug-likeness (QED) is 0.525. The summed E-state index contributed by atoms with van der Waals surface area (Å²) < 4.78 is 5.68. The molecule has 1 aliphatic rings. The zero-order valence-electron chi connectivity index (χ0n) is 17.0. The van der Waals surface area contributed by atoms with Gasteiger partial charge in [-0.1, -0.05) is 60.7 Å². The molecule has 0 saturated carbocycles. The Hall–Kier alpha value is -2.76. The number of anilines is 1. The second-order valence-corrected chi connectivity index (χ2v) is 8.29. The molecular formula is C25H26N2O2S. The maximum Gasteiger partial charge on any atom is 0.246 e. The van der Waals surface area contributed by atoms with Gasteiger partial charge in [0.25, 0.3) is 0 Å². The van der Waals surface area contributed by atoms with Crippen molar-refractivity contribution in [3.05, 3.63) is 90.0 Å². The number of fused-ring (bicyclic) bond motifs is 1. The predicted molar refractivity (Wildman–Crippen MR) is 123 cm³/mol. The highest BCUT2D eigenvalue weighted by molar-refractivity contribution is 7.99. The van der Waals surface area contributed by atoms with Gasteiger partial charge in [0.15, 0.2) is 0 Å². The Bertz CT molecular complexity index is 993. The van der Waals surface area contributed by atoms with E-state index in [2.05, 4.69) is 34.9 Å². The van der Waals surface area contributed by atoms with Crippen LogP contribution in [-0.2, 0) is 4.79 Å². The van der Waals surface area contributed by atoms with Gasteiger partial charge in [-0.05, 0) is 48.4 Å². The maximum atomic E-state index is 13.4. The Balaban J connectivity index is 1.61. The summed E-state index contributed by atoms with van der Waals surface area (Å²) in [5.74, 6) is 1.62. The number of ether oxygens (including phenoxy) is 1. The second-order valence-electron chi connectivity index (χ2n) is 7.16. The normalized spacial score (nSPS) is 16.4. The van der Waals surface area contributed by atoms with Crippen molar-refractivity contribution in [1.82, 2.24) is 5.32 Å². The molecule has 2 N–H and O–H groups in total. The molecular weight excluding hydrogens is 392 g/mol. The smallest absolute Gasteiger partial charge is 0.246 e. The lowest BCUT2D eigenvalue weighted by molar-refractivity contribution is -0.118. The van der Waals surface area contributed by atoms with Crippen molar-refractivity contribution < 1.29 is 9.53 Å². The van der Waals surface area contributed by atoms with Gasteiger partial charge in [0.1, 0.15) is 11.8 Å². The van der Waals surface area contributed by atoms with Gasteiger partial charge in [0.05, 0.1) is 12.3 Å². The van der Waals surface area contributed by atoms with E-state index in [1.165, 1.54) is 10.5 Å². The summed E-state index contributed by atoms with van der Waals surface area (Å²) >= 11 is 1.88. The second kappa shape index (κ2) is 9.83. The van der Waals surface area contributed by atoms with E-state index in [4.69, 9.17) is 4.74 Å². The lowest BCUT2D eigenvalue weighted by Gasteiger charge is -2.30.